The van der Waals surface area contributed by atoms with E-state index in [-0.39, 0.29) is 17.7 Å². The normalized spacial score (nSPS) is 13.7. The number of piperazine rings is 1. The summed E-state index contributed by atoms with van der Waals surface area (Å²) in [5.74, 6) is -0.104. The monoisotopic (exact) mass is 453 g/mol. The van der Waals surface area contributed by atoms with Gasteiger partial charge in [0, 0.05) is 50.7 Å². The first kappa shape index (κ1) is 21.7. The number of aromatic nitrogens is 2. The van der Waals surface area contributed by atoms with Crippen molar-refractivity contribution in [3.05, 3.63) is 70.9 Å². The highest BCUT2D eigenvalue weighted by molar-refractivity contribution is 6.33. The summed E-state index contributed by atoms with van der Waals surface area (Å²) >= 11 is 6.30. The van der Waals surface area contributed by atoms with Gasteiger partial charge in [0.05, 0.1) is 17.8 Å². The number of methoxy groups -OCH3 is 1. The Balaban J connectivity index is 1.36. The van der Waals surface area contributed by atoms with Gasteiger partial charge in [-0.25, -0.2) is 0 Å². The number of amides is 2. The lowest BCUT2D eigenvalue weighted by Gasteiger charge is -2.36. The van der Waals surface area contributed by atoms with Gasteiger partial charge < -0.3 is 19.9 Å². The molecule has 0 bridgehead atoms. The summed E-state index contributed by atoms with van der Waals surface area (Å²) in [6.07, 6.45) is 1.59. The highest BCUT2D eigenvalue weighted by Gasteiger charge is 2.23. The van der Waals surface area contributed by atoms with Crippen LogP contribution in [0.2, 0.25) is 5.02 Å². The summed E-state index contributed by atoms with van der Waals surface area (Å²) in [6.45, 7) is 2.67. The maximum absolute atomic E-state index is 12.9. The standard InChI is InChI=1S/C23H24ClN5O3/c1-27-15-18(22(26-27)32-2)21(30)25-17-9-7-16(8-10-17)23(31)29-13-11-28(12-14-29)20-6-4-3-5-19(20)24/h3-10,15H,11-14H2,1-2H3,(H,25,30). The van der Waals surface area contributed by atoms with Crippen LogP contribution in [0.5, 0.6) is 5.88 Å². The lowest BCUT2D eigenvalue weighted by Crippen LogP contribution is -2.48. The lowest BCUT2D eigenvalue weighted by atomic mass is 10.1. The van der Waals surface area contributed by atoms with Crippen LogP contribution in [-0.4, -0.2) is 59.8 Å². The smallest absolute Gasteiger partial charge is 0.262 e. The number of carbonyl (C=O) groups is 2. The summed E-state index contributed by atoms with van der Waals surface area (Å²) < 4.78 is 6.65. The van der Waals surface area contributed by atoms with E-state index < -0.39 is 0 Å². The van der Waals surface area contributed by atoms with Crippen LogP contribution in [0.15, 0.2) is 54.7 Å². The highest BCUT2D eigenvalue weighted by atomic mass is 35.5. The van der Waals surface area contributed by atoms with E-state index in [0.29, 0.717) is 34.9 Å². The second kappa shape index (κ2) is 9.32. The quantitative estimate of drug-likeness (QED) is 0.641. The summed E-state index contributed by atoms with van der Waals surface area (Å²) in [7, 11) is 3.18. The van der Waals surface area contributed by atoms with E-state index in [4.69, 9.17) is 16.3 Å². The van der Waals surface area contributed by atoms with E-state index in [1.54, 1.807) is 37.5 Å². The molecule has 9 heteroatoms. The van der Waals surface area contributed by atoms with Gasteiger partial charge in [0.1, 0.15) is 5.56 Å². The van der Waals surface area contributed by atoms with Crippen LogP contribution in [0.1, 0.15) is 20.7 Å². The number of carbonyl (C=O) groups excluding carboxylic acids is 2. The number of anilines is 2. The van der Waals surface area contributed by atoms with Crippen molar-refractivity contribution in [3.63, 3.8) is 0 Å². The SMILES string of the molecule is COc1nn(C)cc1C(=O)Nc1ccc(C(=O)N2CCN(c3ccccc3Cl)CC2)cc1. The van der Waals surface area contributed by atoms with E-state index in [2.05, 4.69) is 15.3 Å². The highest BCUT2D eigenvalue weighted by Crippen LogP contribution is 2.26. The first-order valence-electron chi connectivity index (χ1n) is 10.2. The summed E-state index contributed by atoms with van der Waals surface area (Å²) in [6, 6.07) is 14.6. The second-order valence-corrected chi connectivity index (χ2v) is 7.90. The Labute approximate surface area is 191 Å². The van der Waals surface area contributed by atoms with E-state index in [1.807, 2.05) is 29.2 Å². The minimum atomic E-state index is -0.329. The molecule has 1 saturated heterocycles. The number of hydrogen-bond acceptors (Lipinski definition) is 5. The Morgan fingerprint density at radius 1 is 1.03 bits per heavy atom. The first-order chi connectivity index (χ1) is 15.5. The molecule has 1 aliphatic heterocycles. The average molecular weight is 454 g/mol. The Bertz CT molecular complexity index is 1120. The number of hydrogen-bond donors (Lipinski definition) is 1. The third kappa shape index (κ3) is 4.55. The maximum atomic E-state index is 12.9. The molecule has 2 heterocycles. The van der Waals surface area contributed by atoms with Gasteiger partial charge >= 0.3 is 0 Å². The second-order valence-electron chi connectivity index (χ2n) is 7.49. The van der Waals surface area contributed by atoms with Gasteiger partial charge in [-0.05, 0) is 36.4 Å². The maximum Gasteiger partial charge on any atom is 0.262 e. The summed E-state index contributed by atoms with van der Waals surface area (Å²) in [4.78, 5) is 29.5. The minimum Gasteiger partial charge on any atom is -0.479 e. The van der Waals surface area contributed by atoms with Crippen LogP contribution in [0.3, 0.4) is 0 Å². The molecule has 0 radical (unpaired) electrons. The number of nitrogens with one attached hydrogen (secondary N) is 1. The number of aryl methyl sites for hydroxylation is 1. The minimum absolute atomic E-state index is 0.0318. The van der Waals surface area contributed by atoms with Crippen LogP contribution in [-0.2, 0) is 7.05 Å². The summed E-state index contributed by atoms with van der Waals surface area (Å²) in [5, 5.41) is 7.60. The van der Waals surface area contributed by atoms with E-state index in [1.165, 1.54) is 11.8 Å². The van der Waals surface area contributed by atoms with Crippen LogP contribution in [0, 0.1) is 0 Å². The molecule has 0 unspecified atom stereocenters. The molecule has 0 saturated carbocycles. The Kier molecular flexibility index (Phi) is 6.32. The van der Waals surface area contributed by atoms with Gasteiger partial charge in [-0.2, -0.15) is 0 Å². The number of nitrogens with zero attached hydrogens (tertiary/aromatic N) is 4. The lowest BCUT2D eigenvalue weighted by molar-refractivity contribution is 0.0746. The number of ether oxygens (including phenoxy) is 1. The fraction of sp³-hybridized carbons (Fsp3) is 0.261. The third-order valence-electron chi connectivity index (χ3n) is 5.38. The van der Waals surface area contributed by atoms with Gasteiger partial charge in [-0.1, -0.05) is 23.7 Å². The van der Waals surface area contributed by atoms with Crippen molar-refractivity contribution < 1.29 is 14.3 Å². The van der Waals surface area contributed by atoms with Crippen molar-refractivity contribution in [1.82, 2.24) is 14.7 Å². The van der Waals surface area contributed by atoms with Crippen molar-refractivity contribution in [1.29, 1.82) is 0 Å². The molecule has 1 fully saturated rings. The van der Waals surface area contributed by atoms with E-state index in [0.717, 1.165) is 18.8 Å². The predicted octanol–water partition coefficient (Wildman–Crippen LogP) is 3.30. The molecule has 32 heavy (non-hydrogen) atoms. The van der Waals surface area contributed by atoms with Crippen LogP contribution < -0.4 is 15.0 Å². The van der Waals surface area contributed by atoms with Crippen LogP contribution in [0.4, 0.5) is 11.4 Å². The molecule has 1 aliphatic rings. The van der Waals surface area contributed by atoms with Crippen LogP contribution in [0.25, 0.3) is 0 Å². The first-order valence-corrected chi connectivity index (χ1v) is 10.6. The van der Waals surface area contributed by atoms with Crippen molar-refractivity contribution >= 4 is 34.8 Å². The van der Waals surface area contributed by atoms with Gasteiger partial charge in [-0.15, -0.1) is 5.10 Å². The van der Waals surface area contributed by atoms with Gasteiger partial charge in [0.2, 0.25) is 5.88 Å². The molecule has 2 aromatic carbocycles. The molecular weight excluding hydrogens is 430 g/mol. The molecule has 2 amide bonds. The zero-order valence-electron chi connectivity index (χ0n) is 17.9. The largest absolute Gasteiger partial charge is 0.479 e. The molecule has 8 nitrogen and oxygen atoms in total. The molecule has 1 aromatic heterocycles. The number of para-hydroxylation sites is 1. The van der Waals surface area contributed by atoms with Gasteiger partial charge in [-0.3, -0.25) is 14.3 Å². The van der Waals surface area contributed by atoms with Crippen LogP contribution >= 0.6 is 11.6 Å². The Hall–Kier alpha value is -3.52. The molecule has 0 spiro atoms. The van der Waals surface area contributed by atoms with Crippen molar-refractivity contribution in [3.8, 4) is 5.88 Å². The molecule has 0 atom stereocenters. The molecule has 4 rings (SSSR count). The number of benzene rings is 2. The van der Waals surface area contributed by atoms with E-state index >= 15 is 0 Å². The third-order valence-corrected chi connectivity index (χ3v) is 5.70. The zero-order chi connectivity index (χ0) is 22.7. The molecular formula is C23H24ClN5O3. The number of rotatable bonds is 5. The number of halogens is 1. The summed E-state index contributed by atoms with van der Waals surface area (Å²) in [5.41, 5.74) is 2.49. The van der Waals surface area contributed by atoms with Crippen molar-refractivity contribution in [2.24, 2.45) is 7.05 Å². The van der Waals surface area contributed by atoms with Gasteiger partial charge in [0.15, 0.2) is 0 Å². The Morgan fingerprint density at radius 3 is 2.38 bits per heavy atom. The molecule has 1 N–H and O–H groups in total. The van der Waals surface area contributed by atoms with Crippen molar-refractivity contribution in [2.75, 3.05) is 43.5 Å². The fourth-order valence-corrected chi connectivity index (χ4v) is 3.97. The fourth-order valence-electron chi connectivity index (χ4n) is 3.71. The molecule has 0 aliphatic carbocycles. The molecule has 166 valence electrons. The molecule has 3 aromatic rings. The average Bonchev–Trinajstić information content (AvgIpc) is 3.20. The Morgan fingerprint density at radius 2 is 1.72 bits per heavy atom. The topological polar surface area (TPSA) is 79.7 Å². The van der Waals surface area contributed by atoms with Gasteiger partial charge in [0.25, 0.3) is 11.8 Å². The van der Waals surface area contributed by atoms with Crippen molar-refractivity contribution in [2.45, 2.75) is 0 Å². The van der Waals surface area contributed by atoms with E-state index in [9.17, 15) is 9.59 Å². The zero-order valence-corrected chi connectivity index (χ0v) is 18.7. The predicted molar refractivity (Wildman–Crippen MR) is 124 cm³/mol.